The number of hydrogen-bond donors (Lipinski definition) is 3. The van der Waals surface area contributed by atoms with Crippen LogP contribution < -0.4 is 4.72 Å². The van der Waals surface area contributed by atoms with Crippen LogP contribution in [0.1, 0.15) is 26.1 Å². The second-order valence-corrected chi connectivity index (χ2v) is 5.84. The highest BCUT2D eigenvalue weighted by atomic mass is 32.2. The number of hydrogen-bond acceptors (Lipinski definition) is 4. The smallest absolute Gasteiger partial charge is 0.322 e. The molecule has 1 aromatic rings. The lowest BCUT2D eigenvalue weighted by Crippen LogP contribution is -2.45. The van der Waals surface area contributed by atoms with Gasteiger partial charge in [0, 0.05) is 0 Å². The summed E-state index contributed by atoms with van der Waals surface area (Å²) in [7, 11) is -3.89. The standard InChI is InChI=1S/C10H17N3O4S/c1-4-6(2)9(10(14)15)13-18(16,17)8-5-11-7(3)12-8/h5-6,9,13H,4H2,1-3H3,(H,11,12)(H,14,15)/t6?,9-/m0/s1. The molecule has 3 N–H and O–H groups in total. The predicted molar refractivity (Wildman–Crippen MR) is 64.5 cm³/mol. The maximum atomic E-state index is 11.9. The zero-order valence-electron chi connectivity index (χ0n) is 10.5. The van der Waals surface area contributed by atoms with Crippen molar-refractivity contribution in [1.29, 1.82) is 0 Å². The normalized spacial score (nSPS) is 15.3. The molecule has 0 spiro atoms. The van der Waals surface area contributed by atoms with Crippen LogP contribution in [-0.4, -0.2) is 35.5 Å². The van der Waals surface area contributed by atoms with Crippen LogP contribution in [0.4, 0.5) is 0 Å². The summed E-state index contributed by atoms with van der Waals surface area (Å²) in [6.45, 7) is 5.09. The highest BCUT2D eigenvalue weighted by Crippen LogP contribution is 2.12. The topological polar surface area (TPSA) is 112 Å². The quantitative estimate of drug-likeness (QED) is 0.699. The summed E-state index contributed by atoms with van der Waals surface area (Å²) in [5.74, 6) is -1.05. The molecule has 8 heteroatoms. The molecule has 0 aliphatic carbocycles. The number of aromatic amines is 1. The predicted octanol–water partition coefficient (Wildman–Crippen LogP) is 0.496. The number of aliphatic carboxylic acids is 1. The van der Waals surface area contributed by atoms with E-state index in [2.05, 4.69) is 14.7 Å². The molecule has 1 aromatic heterocycles. The van der Waals surface area contributed by atoms with E-state index >= 15 is 0 Å². The van der Waals surface area contributed by atoms with E-state index in [1.54, 1.807) is 20.8 Å². The zero-order valence-corrected chi connectivity index (χ0v) is 11.3. The molecule has 0 aliphatic heterocycles. The van der Waals surface area contributed by atoms with Crippen molar-refractivity contribution in [3.05, 3.63) is 12.0 Å². The van der Waals surface area contributed by atoms with Gasteiger partial charge >= 0.3 is 5.97 Å². The summed E-state index contributed by atoms with van der Waals surface area (Å²) in [6, 6.07) is -1.15. The van der Waals surface area contributed by atoms with Crippen molar-refractivity contribution in [1.82, 2.24) is 14.7 Å². The van der Waals surface area contributed by atoms with Gasteiger partial charge in [0.25, 0.3) is 10.0 Å². The minimum Gasteiger partial charge on any atom is -0.480 e. The van der Waals surface area contributed by atoms with E-state index in [0.717, 1.165) is 6.20 Å². The van der Waals surface area contributed by atoms with E-state index in [4.69, 9.17) is 5.11 Å². The lowest BCUT2D eigenvalue weighted by molar-refractivity contribution is -0.140. The van der Waals surface area contributed by atoms with Gasteiger partial charge in [-0.2, -0.15) is 4.72 Å². The Morgan fingerprint density at radius 1 is 1.61 bits per heavy atom. The van der Waals surface area contributed by atoms with E-state index in [1.165, 1.54) is 0 Å². The third-order valence-corrected chi connectivity index (χ3v) is 4.08. The van der Waals surface area contributed by atoms with Crippen molar-refractivity contribution in [3.8, 4) is 0 Å². The number of imidazole rings is 1. The van der Waals surface area contributed by atoms with E-state index in [9.17, 15) is 13.2 Å². The molecule has 7 nitrogen and oxygen atoms in total. The molecule has 1 rings (SSSR count). The molecule has 102 valence electrons. The van der Waals surface area contributed by atoms with Crippen LogP contribution in [-0.2, 0) is 14.8 Å². The lowest BCUT2D eigenvalue weighted by atomic mass is 10.0. The number of carboxylic acid groups (broad SMARTS) is 1. The van der Waals surface area contributed by atoms with Crippen molar-refractivity contribution in [3.63, 3.8) is 0 Å². The lowest BCUT2D eigenvalue weighted by Gasteiger charge is -2.19. The van der Waals surface area contributed by atoms with Crippen LogP contribution in [0.5, 0.6) is 0 Å². The number of rotatable bonds is 6. The monoisotopic (exact) mass is 275 g/mol. The van der Waals surface area contributed by atoms with Crippen molar-refractivity contribution >= 4 is 16.0 Å². The Balaban J connectivity index is 2.96. The Bertz CT molecular complexity index is 523. The average molecular weight is 275 g/mol. The molecule has 0 bridgehead atoms. The molecule has 1 heterocycles. The Hall–Kier alpha value is -1.41. The SMILES string of the molecule is CCC(C)[C@H](NS(=O)(=O)c1cnc(C)[nH]1)C(=O)O. The summed E-state index contributed by atoms with van der Waals surface area (Å²) >= 11 is 0. The van der Waals surface area contributed by atoms with E-state index < -0.39 is 22.0 Å². The van der Waals surface area contributed by atoms with Crippen LogP contribution in [0.3, 0.4) is 0 Å². The fraction of sp³-hybridized carbons (Fsp3) is 0.600. The third-order valence-electron chi connectivity index (χ3n) is 2.73. The minimum atomic E-state index is -3.89. The number of nitrogens with zero attached hydrogens (tertiary/aromatic N) is 1. The molecule has 18 heavy (non-hydrogen) atoms. The first-order valence-corrected chi connectivity index (χ1v) is 7.03. The average Bonchev–Trinajstić information content (AvgIpc) is 2.72. The Morgan fingerprint density at radius 2 is 2.22 bits per heavy atom. The number of aryl methyl sites for hydroxylation is 1. The minimum absolute atomic E-state index is 0.130. The zero-order chi connectivity index (χ0) is 13.9. The van der Waals surface area contributed by atoms with Gasteiger partial charge in [0.15, 0.2) is 5.03 Å². The fourth-order valence-corrected chi connectivity index (χ4v) is 2.68. The van der Waals surface area contributed by atoms with Gasteiger partial charge in [-0.25, -0.2) is 13.4 Å². The first-order valence-electron chi connectivity index (χ1n) is 5.54. The summed E-state index contributed by atoms with van der Waals surface area (Å²) in [6.07, 6.45) is 1.72. The molecule has 0 saturated carbocycles. The highest BCUT2D eigenvalue weighted by Gasteiger charge is 2.30. The molecule has 0 saturated heterocycles. The van der Waals surface area contributed by atoms with Crippen LogP contribution in [0.15, 0.2) is 11.2 Å². The number of sulfonamides is 1. The Labute approximate surface area is 106 Å². The van der Waals surface area contributed by atoms with Crippen LogP contribution in [0.25, 0.3) is 0 Å². The van der Waals surface area contributed by atoms with Crippen LogP contribution in [0.2, 0.25) is 0 Å². The van der Waals surface area contributed by atoms with Crippen molar-refractivity contribution in [2.75, 3.05) is 0 Å². The molecule has 2 atom stereocenters. The van der Waals surface area contributed by atoms with Crippen molar-refractivity contribution < 1.29 is 18.3 Å². The van der Waals surface area contributed by atoms with Gasteiger partial charge in [-0.1, -0.05) is 20.3 Å². The number of H-pyrrole nitrogens is 1. The number of carboxylic acids is 1. The number of aromatic nitrogens is 2. The molecular formula is C10H17N3O4S. The number of carbonyl (C=O) groups is 1. The van der Waals surface area contributed by atoms with E-state index in [-0.39, 0.29) is 10.9 Å². The highest BCUT2D eigenvalue weighted by molar-refractivity contribution is 7.89. The molecule has 0 aromatic carbocycles. The molecule has 0 radical (unpaired) electrons. The van der Waals surface area contributed by atoms with Gasteiger partial charge in [0.1, 0.15) is 11.9 Å². The van der Waals surface area contributed by atoms with Crippen LogP contribution in [0, 0.1) is 12.8 Å². The van der Waals surface area contributed by atoms with Crippen LogP contribution >= 0.6 is 0 Å². The molecule has 0 aliphatic rings. The first-order chi connectivity index (χ1) is 8.27. The second-order valence-electron chi connectivity index (χ2n) is 4.16. The Morgan fingerprint density at radius 3 is 2.61 bits per heavy atom. The van der Waals surface area contributed by atoms with Gasteiger partial charge in [-0.15, -0.1) is 0 Å². The maximum Gasteiger partial charge on any atom is 0.322 e. The third kappa shape index (κ3) is 3.30. The molecule has 1 unspecified atom stereocenters. The fourth-order valence-electron chi connectivity index (χ4n) is 1.41. The van der Waals surface area contributed by atoms with Gasteiger partial charge in [-0.3, -0.25) is 4.79 Å². The van der Waals surface area contributed by atoms with Crippen molar-refractivity contribution in [2.45, 2.75) is 38.3 Å². The summed E-state index contributed by atoms with van der Waals surface area (Å²) < 4.78 is 26.0. The summed E-state index contributed by atoms with van der Waals surface area (Å²) in [5, 5.41) is 8.91. The van der Waals surface area contributed by atoms with Gasteiger partial charge < -0.3 is 10.1 Å². The maximum absolute atomic E-state index is 11.9. The molecule has 0 amide bonds. The van der Waals surface area contributed by atoms with Gasteiger partial charge in [0.05, 0.1) is 6.20 Å². The summed E-state index contributed by atoms with van der Waals surface area (Å²) in [5.41, 5.74) is 0. The second kappa shape index (κ2) is 5.49. The van der Waals surface area contributed by atoms with Gasteiger partial charge in [-0.05, 0) is 12.8 Å². The molecule has 0 fully saturated rings. The largest absolute Gasteiger partial charge is 0.480 e. The number of nitrogens with one attached hydrogen (secondary N) is 2. The molecular weight excluding hydrogens is 258 g/mol. The Kier molecular flexibility index (Phi) is 4.47. The van der Waals surface area contributed by atoms with Gasteiger partial charge in [0.2, 0.25) is 0 Å². The van der Waals surface area contributed by atoms with Crippen molar-refractivity contribution in [2.24, 2.45) is 5.92 Å². The first kappa shape index (κ1) is 14.7. The summed E-state index contributed by atoms with van der Waals surface area (Å²) in [4.78, 5) is 17.4. The van der Waals surface area contributed by atoms with E-state index in [0.29, 0.717) is 12.2 Å². The van der Waals surface area contributed by atoms with E-state index in [1.807, 2.05) is 0 Å².